The fraction of sp³-hybridized carbons (Fsp3) is 0.0870. The molecule has 7 aromatic carbocycles. The molecule has 0 N–H and O–H groups in total. The van der Waals surface area contributed by atoms with Gasteiger partial charge in [0.1, 0.15) is 18.3 Å². The van der Waals surface area contributed by atoms with Gasteiger partial charge in [-0.1, -0.05) is 111 Å². The summed E-state index contributed by atoms with van der Waals surface area (Å²) in [6, 6.07) is 50.8. The van der Waals surface area contributed by atoms with E-state index in [1.807, 2.05) is 49.7 Å². The lowest BCUT2D eigenvalue weighted by molar-refractivity contribution is 0.588. The Labute approximate surface area is 304 Å². The largest absolute Gasteiger partial charge is 0.456 e. The number of hydrogen-bond acceptors (Lipinski definition) is 4. The van der Waals surface area contributed by atoms with Crippen LogP contribution in [0.3, 0.4) is 0 Å². The van der Waals surface area contributed by atoms with Crippen LogP contribution in [0.2, 0.25) is 0 Å². The predicted octanol–water partition coefficient (Wildman–Crippen LogP) is 12.0. The van der Waals surface area contributed by atoms with Gasteiger partial charge in [0.25, 0.3) is 0 Å². The molecule has 0 fully saturated rings. The maximum absolute atomic E-state index is 13.2. The number of aromatic nitrogens is 2. The Morgan fingerprint density at radius 1 is 0.519 bits per heavy atom. The second kappa shape index (κ2) is 12.7. The minimum atomic E-state index is -2.43. The van der Waals surface area contributed by atoms with Gasteiger partial charge in [-0.25, -0.2) is 9.97 Å². The summed E-state index contributed by atoms with van der Waals surface area (Å²) < 4.78 is 19.5. The summed E-state index contributed by atoms with van der Waals surface area (Å²) >= 11 is 0. The van der Waals surface area contributed by atoms with E-state index in [9.17, 15) is 4.57 Å². The molecule has 0 aliphatic heterocycles. The van der Waals surface area contributed by atoms with Crippen molar-refractivity contribution in [1.29, 1.82) is 0 Å². The molecule has 0 aliphatic carbocycles. The highest BCUT2D eigenvalue weighted by Gasteiger charge is 2.18. The first-order valence-corrected chi connectivity index (χ1v) is 22.2. The molecule has 0 aliphatic rings. The highest BCUT2D eigenvalue weighted by Crippen LogP contribution is 2.41. The summed E-state index contributed by atoms with van der Waals surface area (Å²) in [5.74, 6) is 0.678. The Morgan fingerprint density at radius 2 is 1.12 bits per heavy atom. The average molecular weight is 711 g/mol. The lowest BCUT2D eigenvalue weighted by Crippen LogP contribution is -2.12. The van der Waals surface area contributed by atoms with E-state index in [0.29, 0.717) is 5.82 Å². The first-order valence-electron chi connectivity index (χ1n) is 17.4. The first-order chi connectivity index (χ1) is 25.2. The van der Waals surface area contributed by atoms with Gasteiger partial charge in [-0.2, -0.15) is 0 Å². The number of benzene rings is 7. The zero-order chi connectivity index (χ0) is 35.6. The summed E-state index contributed by atoms with van der Waals surface area (Å²) in [6.45, 7) is 8.23. The van der Waals surface area contributed by atoms with Crippen LogP contribution in [0.25, 0.3) is 88.5 Å². The molecule has 0 saturated carbocycles. The first kappa shape index (κ1) is 32.5. The summed E-state index contributed by atoms with van der Waals surface area (Å²) in [7, 11) is -2.78. The molecule has 0 atom stereocenters. The topological polar surface area (TPSA) is 56.0 Å². The molecule has 4 nitrogen and oxygen atoms in total. The van der Waals surface area contributed by atoms with Crippen molar-refractivity contribution < 1.29 is 8.98 Å². The van der Waals surface area contributed by atoms with Gasteiger partial charge < -0.3 is 8.98 Å². The summed E-state index contributed by atoms with van der Waals surface area (Å²) in [5, 5.41) is 7.76. The zero-order valence-electron chi connectivity index (χ0n) is 29.5. The highest BCUT2D eigenvalue weighted by atomic mass is 31.2. The van der Waals surface area contributed by atoms with E-state index in [1.54, 1.807) is 0 Å². The molecule has 0 spiro atoms. The van der Waals surface area contributed by atoms with Crippen LogP contribution in [0.4, 0.5) is 0 Å². The second-order valence-corrected chi connectivity index (χ2v) is 19.5. The van der Waals surface area contributed by atoms with Crippen LogP contribution in [-0.4, -0.2) is 36.6 Å². The Morgan fingerprint density at radius 3 is 1.83 bits per heavy atom. The number of rotatable bonds is 6. The average Bonchev–Trinajstić information content (AvgIpc) is 3.54. The van der Waals surface area contributed by atoms with Crippen molar-refractivity contribution in [1.82, 2.24) is 9.97 Å². The van der Waals surface area contributed by atoms with E-state index in [1.165, 1.54) is 16.1 Å². The van der Waals surface area contributed by atoms with E-state index in [2.05, 4.69) is 123 Å². The molecule has 2 heterocycles. The maximum Gasteiger partial charge on any atom is 0.160 e. The number of nitrogens with zero attached hydrogens (tertiary/aromatic N) is 2. The Kier molecular flexibility index (Phi) is 7.92. The van der Waals surface area contributed by atoms with Gasteiger partial charge in [0.2, 0.25) is 0 Å². The van der Waals surface area contributed by atoms with E-state index in [0.717, 1.165) is 77.2 Å². The van der Waals surface area contributed by atoms with Gasteiger partial charge in [0, 0.05) is 32.6 Å². The van der Waals surface area contributed by atoms with Crippen molar-refractivity contribution in [3.8, 4) is 44.9 Å². The van der Waals surface area contributed by atoms with E-state index >= 15 is 0 Å². The molecule has 6 heteroatoms. The summed E-state index contributed by atoms with van der Waals surface area (Å²) in [4.78, 5) is 10.2. The minimum Gasteiger partial charge on any atom is -0.456 e. The Balaban J connectivity index is 1.12. The monoisotopic (exact) mass is 710 g/mol. The van der Waals surface area contributed by atoms with Gasteiger partial charge in [-0.3, -0.25) is 0 Å². The van der Waals surface area contributed by atoms with Gasteiger partial charge in [0.15, 0.2) is 5.82 Å². The van der Waals surface area contributed by atoms with Crippen LogP contribution in [0.15, 0.2) is 150 Å². The third kappa shape index (κ3) is 5.73. The standard InChI is InChI=1S/C46H36N2O2P2/c1-51(2)33-25-32(26-34(28-33)52(3,4)49)36-24-23-35(37-11-5-6-12-38(36)37)29-17-19-30(20-18-29)46-47-42-15-9-7-14-41(42)45(48-46)31-21-22-40-39-13-8-10-16-43(39)50-44(40)27-31/h5-28H,1-4H3. The predicted molar refractivity (Wildman–Crippen MR) is 224 cm³/mol. The molecule has 2 aromatic heterocycles. The van der Waals surface area contributed by atoms with E-state index in [-0.39, 0.29) is 7.92 Å². The molecular weight excluding hydrogens is 674 g/mol. The lowest BCUT2D eigenvalue weighted by Gasteiger charge is -2.17. The van der Waals surface area contributed by atoms with Crippen molar-refractivity contribution in [3.63, 3.8) is 0 Å². The van der Waals surface area contributed by atoms with Crippen LogP contribution in [-0.2, 0) is 4.57 Å². The van der Waals surface area contributed by atoms with Gasteiger partial charge in [-0.15, -0.1) is 0 Å². The molecule has 0 amide bonds. The van der Waals surface area contributed by atoms with Crippen LogP contribution < -0.4 is 10.6 Å². The molecule has 0 radical (unpaired) electrons. The van der Waals surface area contributed by atoms with Gasteiger partial charge >= 0.3 is 0 Å². The molecule has 0 bridgehead atoms. The molecule has 9 aromatic rings. The summed E-state index contributed by atoms with van der Waals surface area (Å²) in [6.07, 6.45) is 0. The molecule has 9 rings (SSSR count). The molecule has 252 valence electrons. The van der Waals surface area contributed by atoms with Crippen LogP contribution >= 0.6 is 15.1 Å². The quantitative estimate of drug-likeness (QED) is 0.161. The number of furan rings is 1. The van der Waals surface area contributed by atoms with Crippen molar-refractivity contribution in [2.24, 2.45) is 0 Å². The minimum absolute atomic E-state index is 0.346. The smallest absolute Gasteiger partial charge is 0.160 e. The lowest BCUT2D eigenvalue weighted by atomic mass is 9.92. The van der Waals surface area contributed by atoms with E-state index in [4.69, 9.17) is 14.4 Å². The number of fused-ring (bicyclic) bond motifs is 5. The maximum atomic E-state index is 13.2. The second-order valence-electron chi connectivity index (χ2n) is 14.0. The van der Waals surface area contributed by atoms with Crippen molar-refractivity contribution in [2.45, 2.75) is 0 Å². The normalized spacial score (nSPS) is 12.1. The Bertz CT molecular complexity index is 2890. The van der Waals surface area contributed by atoms with Crippen LogP contribution in [0.5, 0.6) is 0 Å². The van der Waals surface area contributed by atoms with Gasteiger partial charge in [0.05, 0.1) is 11.2 Å². The summed E-state index contributed by atoms with van der Waals surface area (Å²) in [5.41, 5.74) is 9.98. The number of hydrogen-bond donors (Lipinski definition) is 0. The van der Waals surface area contributed by atoms with Crippen molar-refractivity contribution in [3.05, 3.63) is 146 Å². The van der Waals surface area contributed by atoms with Crippen LogP contribution in [0, 0.1) is 0 Å². The fourth-order valence-corrected chi connectivity index (χ4v) is 9.02. The fourth-order valence-electron chi connectivity index (χ4n) is 7.22. The molecule has 52 heavy (non-hydrogen) atoms. The molecule has 0 saturated heterocycles. The third-order valence-corrected chi connectivity index (χ3v) is 12.8. The zero-order valence-corrected chi connectivity index (χ0v) is 31.3. The number of para-hydroxylation sites is 2. The van der Waals surface area contributed by atoms with Crippen LogP contribution in [0.1, 0.15) is 0 Å². The molecular formula is C46H36N2O2P2. The SMILES string of the molecule is CP(C)c1cc(-c2ccc(-c3ccc(-c4nc(-c5ccc6c(c5)oc5ccccc56)c5ccccc5n4)cc3)c3ccccc23)cc(P(C)(C)=O)c1. The molecule has 0 unspecified atom stereocenters. The highest BCUT2D eigenvalue weighted by molar-refractivity contribution is 7.70. The van der Waals surface area contributed by atoms with Crippen molar-refractivity contribution >= 4 is 69.3 Å². The third-order valence-electron chi connectivity index (χ3n) is 9.99. The van der Waals surface area contributed by atoms with Crippen molar-refractivity contribution in [2.75, 3.05) is 26.7 Å². The van der Waals surface area contributed by atoms with E-state index < -0.39 is 7.14 Å². The Hall–Kier alpha value is -5.40. The van der Waals surface area contributed by atoms with Gasteiger partial charge in [-0.05, 0) is 107 Å².